The minimum absolute atomic E-state index is 0.123. The molecule has 0 unspecified atom stereocenters. The maximum Gasteiger partial charge on any atom is 0.251 e. The van der Waals surface area contributed by atoms with Gasteiger partial charge in [-0.15, -0.1) is 0 Å². The van der Waals surface area contributed by atoms with Crippen molar-refractivity contribution in [1.29, 1.82) is 5.26 Å². The van der Waals surface area contributed by atoms with Crippen molar-refractivity contribution in [2.75, 3.05) is 7.05 Å². The van der Waals surface area contributed by atoms with E-state index in [0.717, 1.165) is 5.56 Å². The maximum absolute atomic E-state index is 11.2. The molecule has 0 aliphatic heterocycles. The number of carbonyl (C=O) groups excluding carboxylic acids is 1. The number of amides is 1. The van der Waals surface area contributed by atoms with Gasteiger partial charge in [-0.1, -0.05) is 0 Å². The van der Waals surface area contributed by atoms with E-state index in [2.05, 4.69) is 5.32 Å². The second kappa shape index (κ2) is 3.72. The first-order valence-electron chi connectivity index (χ1n) is 3.92. The van der Waals surface area contributed by atoms with E-state index in [1.807, 2.05) is 13.0 Å². The summed E-state index contributed by atoms with van der Waals surface area (Å²) in [6.07, 6.45) is 0. The number of nitrogens with one attached hydrogen (secondary N) is 1. The summed E-state index contributed by atoms with van der Waals surface area (Å²) >= 11 is 0. The summed E-state index contributed by atoms with van der Waals surface area (Å²) in [5, 5.41) is 11.1. The lowest BCUT2D eigenvalue weighted by Crippen LogP contribution is -2.18. The van der Waals surface area contributed by atoms with Crippen LogP contribution in [0.15, 0.2) is 18.2 Å². The highest BCUT2D eigenvalue weighted by molar-refractivity contribution is 5.95. The zero-order valence-electron chi connectivity index (χ0n) is 7.59. The quantitative estimate of drug-likeness (QED) is 0.696. The van der Waals surface area contributed by atoms with Crippen LogP contribution in [0.1, 0.15) is 21.5 Å². The second-order valence-electron chi connectivity index (χ2n) is 2.72. The number of nitriles is 1. The number of aryl methyl sites for hydroxylation is 1. The molecule has 0 heterocycles. The van der Waals surface area contributed by atoms with Gasteiger partial charge in [0.2, 0.25) is 0 Å². The summed E-state index contributed by atoms with van der Waals surface area (Å²) in [5.74, 6) is -0.123. The number of rotatable bonds is 1. The van der Waals surface area contributed by atoms with Crippen LogP contribution in [-0.2, 0) is 0 Å². The van der Waals surface area contributed by atoms with Crippen LogP contribution in [0.4, 0.5) is 0 Å². The third kappa shape index (κ3) is 1.85. The Labute approximate surface area is 77.0 Å². The van der Waals surface area contributed by atoms with Crippen LogP contribution >= 0.6 is 0 Å². The normalized spacial score (nSPS) is 9.00. The first-order chi connectivity index (χ1) is 6.19. The van der Waals surface area contributed by atoms with E-state index in [4.69, 9.17) is 5.26 Å². The molecule has 0 bridgehead atoms. The average molecular weight is 174 g/mol. The summed E-state index contributed by atoms with van der Waals surface area (Å²) in [5.41, 5.74) is 2.00. The molecule has 0 atom stereocenters. The average Bonchev–Trinajstić information content (AvgIpc) is 2.16. The molecule has 3 heteroatoms. The number of benzene rings is 1. The monoisotopic (exact) mass is 174 g/mol. The highest BCUT2D eigenvalue weighted by Gasteiger charge is 2.06. The first-order valence-corrected chi connectivity index (χ1v) is 3.92. The van der Waals surface area contributed by atoms with E-state index in [0.29, 0.717) is 11.1 Å². The van der Waals surface area contributed by atoms with Crippen molar-refractivity contribution in [2.24, 2.45) is 0 Å². The molecule has 1 amide bonds. The van der Waals surface area contributed by atoms with E-state index >= 15 is 0 Å². The summed E-state index contributed by atoms with van der Waals surface area (Å²) in [4.78, 5) is 11.2. The molecule has 1 N–H and O–H groups in total. The first kappa shape index (κ1) is 9.27. The Morgan fingerprint density at radius 3 is 2.69 bits per heavy atom. The molecule has 1 aromatic carbocycles. The molecule has 1 aromatic rings. The molecule has 1 rings (SSSR count). The number of hydrogen-bond acceptors (Lipinski definition) is 2. The minimum Gasteiger partial charge on any atom is -0.355 e. The van der Waals surface area contributed by atoms with Gasteiger partial charge in [0.05, 0.1) is 11.6 Å². The molecule has 13 heavy (non-hydrogen) atoms. The third-order valence-electron chi connectivity index (χ3n) is 1.83. The van der Waals surface area contributed by atoms with E-state index in [9.17, 15) is 4.79 Å². The fourth-order valence-electron chi connectivity index (χ4n) is 1.12. The highest BCUT2D eigenvalue weighted by atomic mass is 16.1. The van der Waals surface area contributed by atoms with Crippen molar-refractivity contribution < 1.29 is 4.79 Å². The van der Waals surface area contributed by atoms with Crippen LogP contribution in [0.5, 0.6) is 0 Å². The Morgan fingerprint density at radius 2 is 2.23 bits per heavy atom. The Morgan fingerprint density at radius 1 is 1.54 bits per heavy atom. The zero-order chi connectivity index (χ0) is 9.84. The standard InChI is InChI=1S/C10H10N2O/c1-7-5-8(6-11)3-4-9(7)10(13)12-2/h3-5H,1-2H3,(H,12,13). The Hall–Kier alpha value is -1.82. The smallest absolute Gasteiger partial charge is 0.251 e. The van der Waals surface area contributed by atoms with Gasteiger partial charge in [-0.3, -0.25) is 4.79 Å². The van der Waals surface area contributed by atoms with Crippen LogP contribution in [0.3, 0.4) is 0 Å². The Kier molecular flexibility index (Phi) is 2.65. The van der Waals surface area contributed by atoms with Crippen molar-refractivity contribution >= 4 is 5.91 Å². The van der Waals surface area contributed by atoms with Crippen LogP contribution in [0.2, 0.25) is 0 Å². The molecular weight excluding hydrogens is 164 g/mol. The Bertz CT molecular complexity index is 377. The Balaban J connectivity index is 3.14. The van der Waals surface area contributed by atoms with Crippen LogP contribution in [0, 0.1) is 18.3 Å². The molecule has 0 fully saturated rings. The van der Waals surface area contributed by atoms with Crippen LogP contribution < -0.4 is 5.32 Å². The van der Waals surface area contributed by atoms with Crippen LogP contribution in [0.25, 0.3) is 0 Å². The van der Waals surface area contributed by atoms with Gasteiger partial charge in [0.1, 0.15) is 0 Å². The predicted molar refractivity (Wildman–Crippen MR) is 49.3 cm³/mol. The lowest BCUT2D eigenvalue weighted by atomic mass is 10.1. The highest BCUT2D eigenvalue weighted by Crippen LogP contribution is 2.09. The van der Waals surface area contributed by atoms with E-state index in [1.165, 1.54) is 0 Å². The number of hydrogen-bond donors (Lipinski definition) is 1. The topological polar surface area (TPSA) is 52.9 Å². The molecule has 0 spiro atoms. The molecule has 0 aromatic heterocycles. The summed E-state index contributed by atoms with van der Waals surface area (Å²) in [7, 11) is 1.58. The van der Waals surface area contributed by atoms with Crippen LogP contribution in [-0.4, -0.2) is 13.0 Å². The molecule has 3 nitrogen and oxygen atoms in total. The summed E-state index contributed by atoms with van der Waals surface area (Å²) < 4.78 is 0. The van der Waals surface area contributed by atoms with Gasteiger partial charge in [-0.2, -0.15) is 5.26 Å². The largest absolute Gasteiger partial charge is 0.355 e. The second-order valence-corrected chi connectivity index (χ2v) is 2.72. The van der Waals surface area contributed by atoms with Crippen molar-refractivity contribution in [3.8, 4) is 6.07 Å². The SMILES string of the molecule is CNC(=O)c1ccc(C#N)cc1C. The van der Waals surface area contributed by atoms with Gasteiger partial charge >= 0.3 is 0 Å². The molecule has 66 valence electrons. The predicted octanol–water partition coefficient (Wildman–Crippen LogP) is 1.23. The molecule has 0 saturated carbocycles. The fraction of sp³-hybridized carbons (Fsp3) is 0.200. The van der Waals surface area contributed by atoms with Crippen molar-refractivity contribution in [2.45, 2.75) is 6.92 Å². The van der Waals surface area contributed by atoms with Crippen molar-refractivity contribution in [3.63, 3.8) is 0 Å². The number of carbonyl (C=O) groups is 1. The van der Waals surface area contributed by atoms with Gasteiger partial charge < -0.3 is 5.32 Å². The molecule has 0 radical (unpaired) electrons. The lowest BCUT2D eigenvalue weighted by Gasteiger charge is -2.03. The molecule has 0 saturated heterocycles. The van der Waals surface area contributed by atoms with Crippen molar-refractivity contribution in [3.05, 3.63) is 34.9 Å². The van der Waals surface area contributed by atoms with Crippen molar-refractivity contribution in [1.82, 2.24) is 5.32 Å². The maximum atomic E-state index is 11.2. The third-order valence-corrected chi connectivity index (χ3v) is 1.83. The summed E-state index contributed by atoms with van der Waals surface area (Å²) in [6.45, 7) is 1.81. The van der Waals surface area contributed by atoms with E-state index in [-0.39, 0.29) is 5.91 Å². The van der Waals surface area contributed by atoms with E-state index in [1.54, 1.807) is 25.2 Å². The van der Waals surface area contributed by atoms with Gasteiger partial charge in [0.15, 0.2) is 0 Å². The molecular formula is C10H10N2O. The minimum atomic E-state index is -0.123. The van der Waals surface area contributed by atoms with Gasteiger partial charge in [0.25, 0.3) is 5.91 Å². The van der Waals surface area contributed by atoms with Gasteiger partial charge in [-0.25, -0.2) is 0 Å². The van der Waals surface area contributed by atoms with Gasteiger partial charge in [0, 0.05) is 12.6 Å². The van der Waals surface area contributed by atoms with Gasteiger partial charge in [-0.05, 0) is 30.7 Å². The molecule has 0 aliphatic carbocycles. The van der Waals surface area contributed by atoms with E-state index < -0.39 is 0 Å². The fourth-order valence-corrected chi connectivity index (χ4v) is 1.12. The molecule has 0 aliphatic rings. The summed E-state index contributed by atoms with van der Waals surface area (Å²) in [6, 6.07) is 7.02. The lowest BCUT2D eigenvalue weighted by molar-refractivity contribution is 0.0962. The zero-order valence-corrected chi connectivity index (χ0v) is 7.59. The number of nitrogens with zero attached hydrogens (tertiary/aromatic N) is 1.